The second-order valence-electron chi connectivity index (χ2n) is 8.76. The van der Waals surface area contributed by atoms with Crippen LogP contribution in [0.5, 0.6) is 0 Å². The summed E-state index contributed by atoms with van der Waals surface area (Å²) in [5.74, 6) is 3.10. The van der Waals surface area contributed by atoms with Gasteiger partial charge in [-0.3, -0.25) is 4.79 Å². The van der Waals surface area contributed by atoms with Crippen molar-refractivity contribution in [2.75, 3.05) is 19.7 Å². The third kappa shape index (κ3) is 7.24. The zero-order valence-corrected chi connectivity index (χ0v) is 16.5. The van der Waals surface area contributed by atoms with Gasteiger partial charge in [-0.25, -0.2) is 0 Å². The second-order valence-corrected chi connectivity index (χ2v) is 8.76. The maximum absolute atomic E-state index is 12.6. The van der Waals surface area contributed by atoms with Crippen molar-refractivity contribution < 1.29 is 9.53 Å². The molecule has 136 valence electrons. The Balaban J connectivity index is 2.59. The molecule has 1 aliphatic carbocycles. The predicted octanol–water partition coefficient (Wildman–Crippen LogP) is 4.60. The normalized spacial score (nSPS) is 25.4. The van der Waals surface area contributed by atoms with E-state index in [1.165, 1.54) is 12.8 Å². The van der Waals surface area contributed by atoms with E-state index in [9.17, 15) is 4.79 Å². The highest BCUT2D eigenvalue weighted by Gasteiger charge is 2.32. The Kier molecular flexibility index (Phi) is 8.60. The van der Waals surface area contributed by atoms with Crippen molar-refractivity contribution in [3.05, 3.63) is 0 Å². The SMILES string of the molecule is CC(C)CN(CC(C)C)C(=O)CO[C@@H]1C[C@H](C)CC[C@H]1C(C)C. The van der Waals surface area contributed by atoms with E-state index >= 15 is 0 Å². The average molecular weight is 326 g/mol. The maximum atomic E-state index is 12.6. The van der Waals surface area contributed by atoms with Gasteiger partial charge >= 0.3 is 0 Å². The summed E-state index contributed by atoms with van der Waals surface area (Å²) >= 11 is 0. The van der Waals surface area contributed by atoms with E-state index in [0.29, 0.717) is 29.6 Å². The molecule has 0 aromatic carbocycles. The Bertz CT molecular complexity index is 342. The molecule has 1 aliphatic rings. The number of amides is 1. The molecule has 0 aromatic rings. The first kappa shape index (κ1) is 20.5. The van der Waals surface area contributed by atoms with Gasteiger partial charge < -0.3 is 9.64 Å². The number of carbonyl (C=O) groups excluding carboxylic acids is 1. The molecule has 23 heavy (non-hydrogen) atoms. The van der Waals surface area contributed by atoms with Gasteiger partial charge in [-0.05, 0) is 42.4 Å². The Morgan fingerprint density at radius 1 is 1.04 bits per heavy atom. The summed E-state index contributed by atoms with van der Waals surface area (Å²) in [5, 5.41) is 0. The van der Waals surface area contributed by atoms with Crippen LogP contribution >= 0.6 is 0 Å². The fourth-order valence-electron chi connectivity index (χ4n) is 3.74. The first-order valence-corrected chi connectivity index (χ1v) is 9.60. The molecule has 0 aliphatic heterocycles. The number of nitrogens with zero attached hydrogens (tertiary/aromatic N) is 1. The van der Waals surface area contributed by atoms with Crippen molar-refractivity contribution in [3.8, 4) is 0 Å². The molecule has 0 heterocycles. The molecule has 0 aromatic heterocycles. The van der Waals surface area contributed by atoms with Gasteiger partial charge in [0.2, 0.25) is 5.91 Å². The topological polar surface area (TPSA) is 29.5 Å². The summed E-state index contributed by atoms with van der Waals surface area (Å²) in [6, 6.07) is 0. The van der Waals surface area contributed by atoms with E-state index in [-0.39, 0.29) is 18.6 Å². The van der Waals surface area contributed by atoms with Crippen LogP contribution in [0.15, 0.2) is 0 Å². The minimum absolute atomic E-state index is 0.160. The molecule has 0 N–H and O–H groups in total. The van der Waals surface area contributed by atoms with Crippen LogP contribution in [-0.4, -0.2) is 36.6 Å². The van der Waals surface area contributed by atoms with E-state index in [2.05, 4.69) is 48.5 Å². The molecule has 3 heteroatoms. The van der Waals surface area contributed by atoms with Gasteiger partial charge in [0.25, 0.3) is 0 Å². The van der Waals surface area contributed by atoms with Gasteiger partial charge in [-0.1, -0.05) is 54.9 Å². The minimum Gasteiger partial charge on any atom is -0.368 e. The smallest absolute Gasteiger partial charge is 0.248 e. The monoisotopic (exact) mass is 325 g/mol. The van der Waals surface area contributed by atoms with Gasteiger partial charge in [0.05, 0.1) is 6.10 Å². The van der Waals surface area contributed by atoms with Gasteiger partial charge in [0.15, 0.2) is 0 Å². The second kappa shape index (κ2) is 9.66. The van der Waals surface area contributed by atoms with Crippen LogP contribution in [-0.2, 0) is 9.53 Å². The molecule has 0 spiro atoms. The molecule has 1 saturated carbocycles. The predicted molar refractivity (Wildman–Crippen MR) is 97.3 cm³/mol. The van der Waals surface area contributed by atoms with Crippen molar-refractivity contribution in [1.82, 2.24) is 4.90 Å². The maximum Gasteiger partial charge on any atom is 0.248 e. The van der Waals surface area contributed by atoms with Crippen LogP contribution < -0.4 is 0 Å². The van der Waals surface area contributed by atoms with Crippen LogP contribution in [0.4, 0.5) is 0 Å². The Labute approximate surface area is 144 Å². The van der Waals surface area contributed by atoms with Crippen molar-refractivity contribution in [2.45, 2.75) is 73.8 Å². The molecule has 3 nitrogen and oxygen atoms in total. The van der Waals surface area contributed by atoms with Crippen LogP contribution in [0.1, 0.15) is 67.7 Å². The van der Waals surface area contributed by atoms with Crippen LogP contribution in [0.25, 0.3) is 0 Å². The summed E-state index contributed by atoms with van der Waals surface area (Å²) in [6.07, 6.45) is 3.88. The third-order valence-electron chi connectivity index (χ3n) is 4.91. The lowest BCUT2D eigenvalue weighted by Gasteiger charge is -2.37. The highest BCUT2D eigenvalue weighted by Crippen LogP contribution is 2.35. The first-order valence-electron chi connectivity index (χ1n) is 9.60. The third-order valence-corrected chi connectivity index (χ3v) is 4.91. The largest absolute Gasteiger partial charge is 0.368 e. The fourth-order valence-corrected chi connectivity index (χ4v) is 3.74. The highest BCUT2D eigenvalue weighted by atomic mass is 16.5. The minimum atomic E-state index is 0.160. The lowest BCUT2D eigenvalue weighted by atomic mass is 9.75. The molecule has 0 unspecified atom stereocenters. The zero-order valence-electron chi connectivity index (χ0n) is 16.5. The summed E-state index contributed by atoms with van der Waals surface area (Å²) < 4.78 is 6.14. The molecule has 1 fully saturated rings. The van der Waals surface area contributed by atoms with E-state index in [1.54, 1.807) is 0 Å². The van der Waals surface area contributed by atoms with E-state index in [1.807, 2.05) is 4.90 Å². The average Bonchev–Trinajstić information content (AvgIpc) is 2.42. The number of rotatable bonds is 8. The Hall–Kier alpha value is -0.570. The van der Waals surface area contributed by atoms with Crippen LogP contribution in [0, 0.1) is 29.6 Å². The van der Waals surface area contributed by atoms with Crippen molar-refractivity contribution >= 4 is 5.91 Å². The Morgan fingerprint density at radius 3 is 2.09 bits per heavy atom. The van der Waals surface area contributed by atoms with E-state index in [4.69, 9.17) is 4.74 Å². The van der Waals surface area contributed by atoms with Crippen molar-refractivity contribution in [1.29, 1.82) is 0 Å². The van der Waals surface area contributed by atoms with E-state index in [0.717, 1.165) is 19.5 Å². The first-order chi connectivity index (χ1) is 10.7. The van der Waals surface area contributed by atoms with Gasteiger partial charge in [0, 0.05) is 13.1 Å². The summed E-state index contributed by atoms with van der Waals surface area (Å²) in [5.41, 5.74) is 0. The lowest BCUT2D eigenvalue weighted by molar-refractivity contribution is -0.142. The molecule has 0 saturated heterocycles. The highest BCUT2D eigenvalue weighted by molar-refractivity contribution is 5.77. The lowest BCUT2D eigenvalue weighted by Crippen LogP contribution is -2.42. The molecular formula is C20H39NO2. The quantitative estimate of drug-likeness (QED) is 0.652. The molecule has 1 rings (SSSR count). The molecule has 3 atom stereocenters. The van der Waals surface area contributed by atoms with Gasteiger partial charge in [0.1, 0.15) is 6.61 Å². The standard InChI is InChI=1S/C20H39NO2/c1-14(2)11-21(12-15(3)4)20(22)13-23-19-10-17(7)8-9-18(19)16(5)6/h14-19H,8-13H2,1-7H3/t17-,18+,19-/m1/s1. The van der Waals surface area contributed by atoms with Gasteiger partial charge in [-0.2, -0.15) is 0 Å². The summed E-state index contributed by atoms with van der Waals surface area (Å²) in [7, 11) is 0. The fraction of sp³-hybridized carbons (Fsp3) is 0.950. The number of ether oxygens (including phenoxy) is 1. The zero-order chi connectivity index (χ0) is 17.6. The van der Waals surface area contributed by atoms with Crippen molar-refractivity contribution in [2.24, 2.45) is 29.6 Å². The van der Waals surface area contributed by atoms with E-state index < -0.39 is 0 Å². The van der Waals surface area contributed by atoms with Crippen LogP contribution in [0.3, 0.4) is 0 Å². The number of hydrogen-bond donors (Lipinski definition) is 0. The van der Waals surface area contributed by atoms with Crippen molar-refractivity contribution in [3.63, 3.8) is 0 Å². The molecule has 1 amide bonds. The molecule has 0 bridgehead atoms. The van der Waals surface area contributed by atoms with Crippen LogP contribution in [0.2, 0.25) is 0 Å². The summed E-state index contributed by atoms with van der Waals surface area (Å²) in [4.78, 5) is 14.6. The van der Waals surface area contributed by atoms with Gasteiger partial charge in [-0.15, -0.1) is 0 Å². The Morgan fingerprint density at radius 2 is 1.61 bits per heavy atom. The summed E-state index contributed by atoms with van der Waals surface area (Å²) in [6.45, 7) is 17.4. The molecular weight excluding hydrogens is 286 g/mol. The number of hydrogen-bond acceptors (Lipinski definition) is 2. The molecule has 0 radical (unpaired) electrons. The number of carbonyl (C=O) groups is 1.